The summed E-state index contributed by atoms with van der Waals surface area (Å²) in [5.41, 5.74) is 2.60. The molecule has 0 spiro atoms. The summed E-state index contributed by atoms with van der Waals surface area (Å²) in [6, 6.07) is 9.30. The third-order valence-corrected chi connectivity index (χ3v) is 4.45. The normalized spacial score (nSPS) is 24.1. The van der Waals surface area contributed by atoms with Gasteiger partial charge in [0, 0.05) is 30.7 Å². The van der Waals surface area contributed by atoms with Crippen molar-refractivity contribution in [2.75, 3.05) is 12.9 Å². The topological polar surface area (TPSA) is 21.3 Å². The number of methoxy groups -OCH3 is 1. The number of benzene rings is 1. The second-order valence-corrected chi connectivity index (χ2v) is 6.18. The molecule has 1 aromatic carbocycles. The van der Waals surface area contributed by atoms with Crippen molar-refractivity contribution in [2.45, 2.75) is 37.8 Å². The van der Waals surface area contributed by atoms with Crippen LogP contribution in [0.4, 0.5) is 0 Å². The van der Waals surface area contributed by atoms with Crippen molar-refractivity contribution in [1.82, 2.24) is 5.32 Å². The maximum atomic E-state index is 5.15. The van der Waals surface area contributed by atoms with E-state index >= 15 is 0 Å². The van der Waals surface area contributed by atoms with Crippen molar-refractivity contribution in [3.05, 3.63) is 35.4 Å². The highest BCUT2D eigenvalue weighted by Gasteiger charge is 2.20. The fourth-order valence-electron chi connectivity index (χ4n) is 2.22. The van der Waals surface area contributed by atoms with Crippen LogP contribution in [0.2, 0.25) is 0 Å². The summed E-state index contributed by atoms with van der Waals surface area (Å²) in [4.78, 5) is 0. The summed E-state index contributed by atoms with van der Waals surface area (Å²) in [6.45, 7) is 3.98. The highest BCUT2D eigenvalue weighted by Crippen LogP contribution is 2.26. The van der Waals surface area contributed by atoms with E-state index in [1.54, 1.807) is 7.11 Å². The van der Waals surface area contributed by atoms with E-state index < -0.39 is 0 Å². The molecule has 1 heterocycles. The van der Waals surface area contributed by atoms with E-state index in [4.69, 9.17) is 4.74 Å². The van der Waals surface area contributed by atoms with E-state index in [0.717, 1.165) is 11.8 Å². The van der Waals surface area contributed by atoms with Gasteiger partial charge in [-0.15, -0.1) is 0 Å². The molecule has 3 heteroatoms. The van der Waals surface area contributed by atoms with Crippen LogP contribution in [0.15, 0.2) is 24.3 Å². The number of rotatable bonds is 5. The Kier molecular flexibility index (Phi) is 4.89. The van der Waals surface area contributed by atoms with Crippen LogP contribution >= 0.6 is 11.8 Å². The molecule has 1 aliphatic rings. The summed E-state index contributed by atoms with van der Waals surface area (Å²) >= 11 is 2.07. The lowest BCUT2D eigenvalue weighted by Gasteiger charge is -2.12. The first-order valence-corrected chi connectivity index (χ1v) is 7.24. The van der Waals surface area contributed by atoms with E-state index in [2.05, 4.69) is 48.3 Å². The molecule has 0 amide bonds. The maximum Gasteiger partial charge on any atom is 0.0713 e. The summed E-state index contributed by atoms with van der Waals surface area (Å²) in [5, 5.41) is 4.45. The SMILES string of the molecule is COCc1cccc(CNC2CSC(C)C2)c1. The van der Waals surface area contributed by atoms with Crippen molar-refractivity contribution < 1.29 is 4.74 Å². The van der Waals surface area contributed by atoms with Gasteiger partial charge in [0.2, 0.25) is 0 Å². The number of nitrogens with one attached hydrogen (secondary N) is 1. The molecule has 1 fully saturated rings. The molecule has 2 nitrogen and oxygen atoms in total. The number of hydrogen-bond acceptors (Lipinski definition) is 3. The summed E-state index contributed by atoms with van der Waals surface area (Å²) in [7, 11) is 1.74. The molecular formula is C14H21NOS. The number of ether oxygens (including phenoxy) is 1. The van der Waals surface area contributed by atoms with Crippen molar-refractivity contribution in [3.63, 3.8) is 0 Å². The second kappa shape index (κ2) is 6.43. The fourth-order valence-corrected chi connectivity index (χ4v) is 3.40. The van der Waals surface area contributed by atoms with E-state index in [0.29, 0.717) is 12.6 Å². The lowest BCUT2D eigenvalue weighted by molar-refractivity contribution is 0.185. The van der Waals surface area contributed by atoms with Crippen molar-refractivity contribution >= 4 is 11.8 Å². The zero-order valence-electron chi connectivity index (χ0n) is 10.6. The van der Waals surface area contributed by atoms with Gasteiger partial charge in [-0.3, -0.25) is 0 Å². The Bertz CT molecular complexity index is 356. The molecule has 2 rings (SSSR count). The largest absolute Gasteiger partial charge is 0.380 e. The van der Waals surface area contributed by atoms with E-state index in [-0.39, 0.29) is 0 Å². The molecule has 1 aromatic rings. The van der Waals surface area contributed by atoms with Crippen LogP contribution in [0.5, 0.6) is 0 Å². The third-order valence-electron chi connectivity index (χ3n) is 3.10. The predicted octanol–water partition coefficient (Wildman–Crippen LogP) is 2.82. The molecule has 2 unspecified atom stereocenters. The van der Waals surface area contributed by atoms with Gasteiger partial charge in [-0.2, -0.15) is 11.8 Å². The van der Waals surface area contributed by atoms with Gasteiger partial charge in [-0.25, -0.2) is 0 Å². The Labute approximate surface area is 108 Å². The van der Waals surface area contributed by atoms with Crippen LogP contribution in [0, 0.1) is 0 Å². The van der Waals surface area contributed by atoms with Crippen LogP contribution in [0.25, 0.3) is 0 Å². The zero-order valence-corrected chi connectivity index (χ0v) is 11.4. The summed E-state index contributed by atoms with van der Waals surface area (Å²) in [5.74, 6) is 1.25. The van der Waals surface area contributed by atoms with Gasteiger partial charge < -0.3 is 10.1 Å². The molecule has 94 valence electrons. The highest BCUT2D eigenvalue weighted by molar-refractivity contribution is 8.00. The van der Waals surface area contributed by atoms with Gasteiger partial charge in [-0.1, -0.05) is 31.2 Å². The van der Waals surface area contributed by atoms with Crippen LogP contribution in [0.3, 0.4) is 0 Å². The molecule has 2 atom stereocenters. The zero-order chi connectivity index (χ0) is 12.1. The molecule has 17 heavy (non-hydrogen) atoms. The smallest absolute Gasteiger partial charge is 0.0713 e. The maximum absolute atomic E-state index is 5.15. The first-order valence-electron chi connectivity index (χ1n) is 6.19. The van der Waals surface area contributed by atoms with Gasteiger partial charge in [0.15, 0.2) is 0 Å². The fraction of sp³-hybridized carbons (Fsp3) is 0.571. The van der Waals surface area contributed by atoms with Crippen LogP contribution < -0.4 is 5.32 Å². The first-order chi connectivity index (χ1) is 8.28. The van der Waals surface area contributed by atoms with Crippen LogP contribution in [0.1, 0.15) is 24.5 Å². The molecule has 0 saturated carbocycles. The van der Waals surface area contributed by atoms with Gasteiger partial charge in [0.25, 0.3) is 0 Å². The summed E-state index contributed by atoms with van der Waals surface area (Å²) < 4.78 is 5.15. The number of hydrogen-bond donors (Lipinski definition) is 1. The molecule has 1 saturated heterocycles. The Morgan fingerprint density at radius 1 is 1.41 bits per heavy atom. The van der Waals surface area contributed by atoms with Crippen molar-refractivity contribution in [2.24, 2.45) is 0 Å². The lowest BCUT2D eigenvalue weighted by atomic mass is 10.1. The molecular weight excluding hydrogens is 230 g/mol. The van der Waals surface area contributed by atoms with Crippen LogP contribution in [-0.2, 0) is 17.9 Å². The molecule has 0 aromatic heterocycles. The Morgan fingerprint density at radius 3 is 2.94 bits per heavy atom. The van der Waals surface area contributed by atoms with Crippen LogP contribution in [-0.4, -0.2) is 24.2 Å². The Balaban J connectivity index is 1.83. The number of thioether (sulfide) groups is 1. The quantitative estimate of drug-likeness (QED) is 0.869. The average Bonchev–Trinajstić information content (AvgIpc) is 2.74. The van der Waals surface area contributed by atoms with Gasteiger partial charge in [0.1, 0.15) is 0 Å². The van der Waals surface area contributed by atoms with Crippen molar-refractivity contribution in [3.8, 4) is 0 Å². The molecule has 0 radical (unpaired) electrons. The Hall–Kier alpha value is -0.510. The third kappa shape index (κ3) is 4.02. The standard InChI is InChI=1S/C14H21NOS/c1-11-6-14(10-17-11)15-8-12-4-3-5-13(7-12)9-16-2/h3-5,7,11,14-15H,6,8-10H2,1-2H3. The van der Waals surface area contributed by atoms with E-state index in [1.165, 1.54) is 23.3 Å². The minimum absolute atomic E-state index is 0.682. The lowest BCUT2D eigenvalue weighted by Crippen LogP contribution is -2.28. The molecule has 0 aliphatic carbocycles. The highest BCUT2D eigenvalue weighted by atomic mass is 32.2. The minimum Gasteiger partial charge on any atom is -0.380 e. The molecule has 1 N–H and O–H groups in total. The van der Waals surface area contributed by atoms with Gasteiger partial charge in [-0.05, 0) is 17.5 Å². The van der Waals surface area contributed by atoms with Crippen molar-refractivity contribution in [1.29, 1.82) is 0 Å². The summed E-state index contributed by atoms with van der Waals surface area (Å²) in [6.07, 6.45) is 1.29. The Morgan fingerprint density at radius 2 is 2.24 bits per heavy atom. The van der Waals surface area contributed by atoms with E-state index in [1.807, 2.05) is 0 Å². The monoisotopic (exact) mass is 251 g/mol. The minimum atomic E-state index is 0.682. The molecule has 0 bridgehead atoms. The molecule has 1 aliphatic heterocycles. The van der Waals surface area contributed by atoms with Gasteiger partial charge in [0.05, 0.1) is 6.61 Å². The predicted molar refractivity (Wildman–Crippen MR) is 74.3 cm³/mol. The van der Waals surface area contributed by atoms with Gasteiger partial charge >= 0.3 is 0 Å². The second-order valence-electron chi connectivity index (χ2n) is 4.71. The average molecular weight is 251 g/mol. The van der Waals surface area contributed by atoms with E-state index in [9.17, 15) is 0 Å². The first kappa shape index (κ1) is 12.9.